The number of ether oxygens (including phenoxy) is 2. The molecule has 0 saturated carbocycles. The molecule has 2 aromatic rings. The molecule has 0 amide bonds. The van der Waals surface area contributed by atoms with Gasteiger partial charge in [0.15, 0.2) is 0 Å². The number of carbonyl (C=O) groups excluding carboxylic acids is 1. The molecule has 3 rings (SSSR count). The van der Waals surface area contributed by atoms with E-state index >= 15 is 0 Å². The Labute approximate surface area is 195 Å². The molecule has 31 heavy (non-hydrogen) atoms. The number of esters is 1. The van der Waals surface area contributed by atoms with Crippen molar-refractivity contribution >= 4 is 40.9 Å². The van der Waals surface area contributed by atoms with Crippen molar-refractivity contribution in [3.05, 3.63) is 86.4 Å². The maximum Gasteiger partial charge on any atom is 0.338 e. The number of nitriles is 1. The maximum absolute atomic E-state index is 13.0. The lowest BCUT2D eigenvalue weighted by Crippen LogP contribution is -2.27. The number of allylic oxidation sites excluding steroid dienone is 1. The third-order valence-corrected chi connectivity index (χ3v) is 6.67. The summed E-state index contributed by atoms with van der Waals surface area (Å²) in [5, 5.41) is 10.6. The molecular weight excluding hydrogens is 455 g/mol. The van der Waals surface area contributed by atoms with Gasteiger partial charge in [0.05, 0.1) is 33.9 Å². The van der Waals surface area contributed by atoms with Crippen LogP contribution in [-0.4, -0.2) is 18.3 Å². The van der Waals surface area contributed by atoms with Crippen molar-refractivity contribution < 1.29 is 14.3 Å². The molecule has 1 aliphatic heterocycles. The SMILES string of the molecule is CCOC(=O)C1=C(CSc2cccc(Cl)c2Cl)OC(N)=C(C#N)[C@@H]1c1ccc(C)cc1. The molecule has 5 nitrogen and oxygen atoms in total. The molecule has 1 aliphatic rings. The molecule has 0 bridgehead atoms. The van der Waals surface area contributed by atoms with Crippen molar-refractivity contribution in [1.29, 1.82) is 5.26 Å². The second-order valence-electron chi connectivity index (χ2n) is 6.73. The van der Waals surface area contributed by atoms with Crippen molar-refractivity contribution in [3.8, 4) is 6.07 Å². The Bertz CT molecular complexity index is 1100. The van der Waals surface area contributed by atoms with Gasteiger partial charge in [-0.3, -0.25) is 0 Å². The van der Waals surface area contributed by atoms with Crippen molar-refractivity contribution in [1.82, 2.24) is 0 Å². The number of aryl methyl sites for hydroxylation is 1. The Balaban J connectivity index is 2.08. The summed E-state index contributed by atoms with van der Waals surface area (Å²) < 4.78 is 11.1. The van der Waals surface area contributed by atoms with Crippen LogP contribution < -0.4 is 5.73 Å². The van der Waals surface area contributed by atoms with Gasteiger partial charge in [-0.1, -0.05) is 59.1 Å². The first-order chi connectivity index (χ1) is 14.9. The molecule has 160 valence electrons. The van der Waals surface area contributed by atoms with Crippen LogP contribution in [-0.2, 0) is 14.3 Å². The van der Waals surface area contributed by atoms with E-state index in [0.717, 1.165) is 16.0 Å². The first-order valence-corrected chi connectivity index (χ1v) is 11.2. The molecule has 0 spiro atoms. The summed E-state index contributed by atoms with van der Waals surface area (Å²) in [4.78, 5) is 13.7. The molecule has 0 unspecified atom stereocenters. The zero-order valence-corrected chi connectivity index (χ0v) is 19.3. The number of halogens is 2. The van der Waals surface area contributed by atoms with Crippen LogP contribution in [0.15, 0.2) is 70.1 Å². The van der Waals surface area contributed by atoms with Crippen molar-refractivity contribution in [3.63, 3.8) is 0 Å². The molecule has 2 N–H and O–H groups in total. The third kappa shape index (κ3) is 5.01. The van der Waals surface area contributed by atoms with Crippen molar-refractivity contribution in [2.75, 3.05) is 12.4 Å². The van der Waals surface area contributed by atoms with Gasteiger partial charge in [-0.2, -0.15) is 5.26 Å². The standard InChI is InChI=1S/C23H20Cl2N2O3S/c1-3-29-23(28)20-17(12-31-18-6-4-5-16(24)21(18)25)30-22(27)15(11-26)19(20)14-9-7-13(2)8-10-14/h4-10,19H,3,12,27H2,1-2H3/t19-/m0/s1. The smallest absolute Gasteiger partial charge is 0.338 e. The number of hydrogen-bond donors (Lipinski definition) is 1. The van der Waals surface area contributed by atoms with Crippen LogP contribution in [0.3, 0.4) is 0 Å². The molecule has 1 heterocycles. The summed E-state index contributed by atoms with van der Waals surface area (Å²) in [6.07, 6.45) is 0. The van der Waals surface area contributed by atoms with E-state index < -0.39 is 11.9 Å². The lowest BCUT2D eigenvalue weighted by molar-refractivity contribution is -0.139. The zero-order chi connectivity index (χ0) is 22.5. The van der Waals surface area contributed by atoms with E-state index in [0.29, 0.717) is 15.8 Å². The van der Waals surface area contributed by atoms with E-state index in [1.165, 1.54) is 11.8 Å². The average Bonchev–Trinajstić information content (AvgIpc) is 2.75. The van der Waals surface area contributed by atoms with Crippen LogP contribution in [0.25, 0.3) is 0 Å². The molecule has 0 saturated heterocycles. The monoisotopic (exact) mass is 474 g/mol. The van der Waals surface area contributed by atoms with Gasteiger partial charge >= 0.3 is 5.97 Å². The minimum absolute atomic E-state index is 0.0334. The fourth-order valence-electron chi connectivity index (χ4n) is 3.19. The maximum atomic E-state index is 13.0. The minimum atomic E-state index is -0.691. The minimum Gasteiger partial charge on any atom is -0.463 e. The summed E-state index contributed by atoms with van der Waals surface area (Å²) in [7, 11) is 0. The van der Waals surface area contributed by atoms with E-state index in [4.69, 9.17) is 38.4 Å². The Morgan fingerprint density at radius 3 is 2.61 bits per heavy atom. The highest BCUT2D eigenvalue weighted by atomic mass is 35.5. The number of rotatable bonds is 6. The first kappa shape index (κ1) is 23.1. The van der Waals surface area contributed by atoms with Crippen molar-refractivity contribution in [2.24, 2.45) is 5.73 Å². The van der Waals surface area contributed by atoms with Crippen LogP contribution in [0.1, 0.15) is 24.0 Å². The van der Waals surface area contributed by atoms with Crippen LogP contribution in [0.2, 0.25) is 10.0 Å². The Kier molecular flexibility index (Phi) is 7.55. The number of carbonyl (C=O) groups is 1. The van der Waals surface area contributed by atoms with E-state index in [9.17, 15) is 10.1 Å². The summed E-state index contributed by atoms with van der Waals surface area (Å²) in [6.45, 7) is 3.87. The van der Waals surface area contributed by atoms with Gasteiger partial charge < -0.3 is 15.2 Å². The van der Waals surface area contributed by atoms with Gasteiger partial charge in [0.2, 0.25) is 5.88 Å². The lowest BCUT2D eigenvalue weighted by atomic mass is 9.83. The number of hydrogen-bond acceptors (Lipinski definition) is 6. The second-order valence-corrected chi connectivity index (χ2v) is 8.54. The number of nitrogens with zero attached hydrogens (tertiary/aromatic N) is 1. The number of thioether (sulfide) groups is 1. The Morgan fingerprint density at radius 1 is 1.26 bits per heavy atom. The Hall–Kier alpha value is -2.59. The fraction of sp³-hybridized carbons (Fsp3) is 0.217. The summed E-state index contributed by atoms with van der Waals surface area (Å²) in [5.74, 6) is -0.712. The normalized spacial score (nSPS) is 16.0. The van der Waals surface area contributed by atoms with Crippen molar-refractivity contribution in [2.45, 2.75) is 24.7 Å². The first-order valence-electron chi connectivity index (χ1n) is 9.48. The topological polar surface area (TPSA) is 85.3 Å². The lowest BCUT2D eigenvalue weighted by Gasteiger charge is -2.28. The van der Waals surface area contributed by atoms with Crippen LogP contribution >= 0.6 is 35.0 Å². The fourth-order valence-corrected chi connectivity index (χ4v) is 4.62. The molecule has 2 aromatic carbocycles. The highest BCUT2D eigenvalue weighted by Gasteiger charge is 2.37. The average molecular weight is 475 g/mol. The van der Waals surface area contributed by atoms with Crippen LogP contribution in [0.4, 0.5) is 0 Å². The van der Waals surface area contributed by atoms with Gasteiger partial charge in [0, 0.05) is 4.90 Å². The molecule has 0 aromatic heterocycles. The van der Waals surface area contributed by atoms with Crippen LogP contribution in [0.5, 0.6) is 0 Å². The van der Waals surface area contributed by atoms with Gasteiger partial charge in [-0.15, -0.1) is 11.8 Å². The number of benzene rings is 2. The van der Waals surface area contributed by atoms with E-state index in [1.54, 1.807) is 19.1 Å². The predicted octanol–water partition coefficient (Wildman–Crippen LogP) is 5.72. The van der Waals surface area contributed by atoms with Gasteiger partial charge in [0.1, 0.15) is 17.4 Å². The second kappa shape index (κ2) is 10.1. The van der Waals surface area contributed by atoms with Gasteiger partial charge in [-0.05, 0) is 31.5 Å². The Morgan fingerprint density at radius 2 is 1.97 bits per heavy atom. The number of nitrogens with two attached hydrogens (primary N) is 1. The largest absolute Gasteiger partial charge is 0.463 e. The highest BCUT2D eigenvalue weighted by Crippen LogP contribution is 2.42. The predicted molar refractivity (Wildman–Crippen MR) is 123 cm³/mol. The summed E-state index contributed by atoms with van der Waals surface area (Å²) in [5.41, 5.74) is 8.31. The summed E-state index contributed by atoms with van der Waals surface area (Å²) in [6, 6.07) is 15.0. The molecule has 1 atom stereocenters. The third-order valence-electron chi connectivity index (χ3n) is 4.68. The highest BCUT2D eigenvalue weighted by molar-refractivity contribution is 7.99. The summed E-state index contributed by atoms with van der Waals surface area (Å²) >= 11 is 13.8. The van der Waals surface area contributed by atoms with E-state index in [1.807, 2.05) is 37.3 Å². The molecule has 8 heteroatoms. The molecule has 0 fully saturated rings. The van der Waals surface area contributed by atoms with E-state index in [2.05, 4.69) is 6.07 Å². The zero-order valence-electron chi connectivity index (χ0n) is 16.9. The molecule has 0 radical (unpaired) electrons. The van der Waals surface area contributed by atoms with E-state index in [-0.39, 0.29) is 29.4 Å². The van der Waals surface area contributed by atoms with Gasteiger partial charge in [-0.25, -0.2) is 4.79 Å². The quantitative estimate of drug-likeness (QED) is 0.425. The molecular formula is C23H20Cl2N2O3S. The van der Waals surface area contributed by atoms with Crippen LogP contribution in [0, 0.1) is 18.3 Å². The molecule has 0 aliphatic carbocycles. The van der Waals surface area contributed by atoms with Gasteiger partial charge in [0.25, 0.3) is 0 Å².